The molecule has 0 atom stereocenters. The largest absolute Gasteiger partial charge is 0.507 e. The van der Waals surface area contributed by atoms with E-state index in [0.717, 1.165) is 36.1 Å². The summed E-state index contributed by atoms with van der Waals surface area (Å²) in [6.45, 7) is 0. The quantitative estimate of drug-likeness (QED) is 0.786. The molecule has 22 heavy (non-hydrogen) atoms. The maximum Gasteiger partial charge on any atom is 0.256 e. The number of para-hydroxylation sites is 1. The Kier molecular flexibility index (Phi) is 3.00. The number of anilines is 1. The summed E-state index contributed by atoms with van der Waals surface area (Å²) < 4.78 is 0. The lowest BCUT2D eigenvalue weighted by Crippen LogP contribution is -2.06. The predicted octanol–water partition coefficient (Wildman–Crippen LogP) is 3.76. The fraction of sp³-hybridized carbons (Fsp3) is 0.211. The van der Waals surface area contributed by atoms with E-state index < -0.39 is 0 Å². The van der Waals surface area contributed by atoms with Crippen molar-refractivity contribution in [2.75, 3.05) is 5.32 Å². The van der Waals surface area contributed by atoms with Crippen molar-refractivity contribution in [3.8, 4) is 5.75 Å². The number of phenolic OH excluding ortho intramolecular Hbond substituents is 1. The minimum atomic E-state index is -0.103. The fourth-order valence-electron chi connectivity index (χ4n) is 3.43. The molecule has 2 aromatic carbocycles. The summed E-state index contributed by atoms with van der Waals surface area (Å²) in [7, 11) is 0. The molecule has 0 unspecified atom stereocenters. The number of hydrogen-bond donors (Lipinski definition) is 2. The number of aromatic hydroxyl groups is 1. The van der Waals surface area contributed by atoms with Crippen molar-refractivity contribution in [2.24, 2.45) is 0 Å². The molecule has 1 aliphatic carbocycles. The molecule has 1 amide bonds. The van der Waals surface area contributed by atoms with E-state index in [1.165, 1.54) is 17.5 Å². The van der Waals surface area contributed by atoms with Gasteiger partial charge in [0.15, 0.2) is 0 Å². The van der Waals surface area contributed by atoms with Crippen molar-refractivity contribution in [2.45, 2.75) is 25.7 Å². The topological polar surface area (TPSA) is 49.3 Å². The third-order valence-electron chi connectivity index (χ3n) is 4.55. The molecule has 0 fully saturated rings. The van der Waals surface area contributed by atoms with Gasteiger partial charge < -0.3 is 10.4 Å². The number of benzene rings is 2. The third kappa shape index (κ3) is 2.01. The lowest BCUT2D eigenvalue weighted by Gasteiger charge is -2.19. The first kappa shape index (κ1) is 13.1. The monoisotopic (exact) mass is 291 g/mol. The first-order chi connectivity index (χ1) is 10.7. The number of nitrogens with one attached hydrogen (secondary N) is 1. The van der Waals surface area contributed by atoms with Gasteiger partial charge in [-0.05, 0) is 55.0 Å². The summed E-state index contributed by atoms with van der Waals surface area (Å²) in [6.07, 6.45) is 6.19. The number of carbonyl (C=O) groups excluding carboxylic acids is 1. The fourth-order valence-corrected chi connectivity index (χ4v) is 3.43. The van der Waals surface area contributed by atoms with Crippen LogP contribution in [0.15, 0.2) is 36.4 Å². The average molecular weight is 291 g/mol. The molecule has 4 rings (SSSR count). The molecule has 2 aromatic rings. The summed E-state index contributed by atoms with van der Waals surface area (Å²) in [5, 5.41) is 13.2. The van der Waals surface area contributed by atoms with Gasteiger partial charge in [0.2, 0.25) is 0 Å². The van der Waals surface area contributed by atoms with Crippen molar-refractivity contribution in [1.82, 2.24) is 0 Å². The SMILES string of the molecule is O=C1Nc2ccccc2/C1=C/c1c(O)ccc2c1CCCC2. The van der Waals surface area contributed by atoms with Crippen LogP contribution in [-0.4, -0.2) is 11.0 Å². The first-order valence-electron chi connectivity index (χ1n) is 7.70. The smallest absolute Gasteiger partial charge is 0.256 e. The van der Waals surface area contributed by atoms with Gasteiger partial charge in [0.1, 0.15) is 5.75 Å². The van der Waals surface area contributed by atoms with E-state index in [0.29, 0.717) is 5.57 Å². The van der Waals surface area contributed by atoms with Crippen LogP contribution < -0.4 is 5.32 Å². The standard InChI is InChI=1S/C19H17NO2/c21-18-10-9-12-5-1-2-6-13(12)15(18)11-16-14-7-3-4-8-17(14)20-19(16)22/h3-4,7-11,21H,1-2,5-6H2,(H,20,22)/b16-11-. The summed E-state index contributed by atoms with van der Waals surface area (Å²) in [4.78, 5) is 12.3. The number of aryl methyl sites for hydroxylation is 1. The number of phenols is 1. The number of rotatable bonds is 1. The van der Waals surface area contributed by atoms with Crippen molar-refractivity contribution >= 4 is 23.2 Å². The van der Waals surface area contributed by atoms with Crippen LogP contribution in [0.4, 0.5) is 5.69 Å². The molecule has 0 spiro atoms. The van der Waals surface area contributed by atoms with E-state index in [2.05, 4.69) is 5.32 Å². The van der Waals surface area contributed by atoms with Crippen LogP contribution in [-0.2, 0) is 17.6 Å². The van der Waals surface area contributed by atoms with Crippen LogP contribution in [0, 0.1) is 0 Å². The molecule has 3 nitrogen and oxygen atoms in total. The predicted molar refractivity (Wildman–Crippen MR) is 87.7 cm³/mol. The molecule has 110 valence electrons. The van der Waals surface area contributed by atoms with Crippen LogP contribution >= 0.6 is 0 Å². The number of fused-ring (bicyclic) bond motifs is 2. The molecule has 0 radical (unpaired) electrons. The molecule has 2 aliphatic rings. The van der Waals surface area contributed by atoms with Crippen LogP contribution in [0.5, 0.6) is 5.75 Å². The molecule has 3 heteroatoms. The second kappa shape index (κ2) is 5.02. The van der Waals surface area contributed by atoms with Gasteiger partial charge in [-0.2, -0.15) is 0 Å². The molecule has 0 aromatic heterocycles. The van der Waals surface area contributed by atoms with Crippen LogP contribution in [0.2, 0.25) is 0 Å². The summed E-state index contributed by atoms with van der Waals surface area (Å²) >= 11 is 0. The zero-order valence-corrected chi connectivity index (χ0v) is 12.2. The molecule has 0 bridgehead atoms. The van der Waals surface area contributed by atoms with Gasteiger partial charge in [-0.15, -0.1) is 0 Å². The second-order valence-corrected chi connectivity index (χ2v) is 5.90. The van der Waals surface area contributed by atoms with E-state index in [-0.39, 0.29) is 11.7 Å². The van der Waals surface area contributed by atoms with E-state index in [1.807, 2.05) is 36.4 Å². The lowest BCUT2D eigenvalue weighted by atomic mass is 9.87. The second-order valence-electron chi connectivity index (χ2n) is 5.90. The van der Waals surface area contributed by atoms with Crippen LogP contribution in [0.1, 0.15) is 35.1 Å². The Morgan fingerprint density at radius 3 is 2.77 bits per heavy atom. The molecule has 2 N–H and O–H groups in total. The highest BCUT2D eigenvalue weighted by Crippen LogP contribution is 2.37. The van der Waals surface area contributed by atoms with Crippen molar-refractivity contribution in [3.05, 3.63) is 58.7 Å². The lowest BCUT2D eigenvalue weighted by molar-refractivity contribution is -0.110. The highest BCUT2D eigenvalue weighted by atomic mass is 16.3. The van der Waals surface area contributed by atoms with Crippen LogP contribution in [0.3, 0.4) is 0 Å². The number of amides is 1. The Bertz CT molecular complexity index is 805. The van der Waals surface area contributed by atoms with Gasteiger partial charge in [-0.1, -0.05) is 24.3 Å². The van der Waals surface area contributed by atoms with E-state index in [1.54, 1.807) is 6.07 Å². The van der Waals surface area contributed by atoms with E-state index in [9.17, 15) is 9.90 Å². The Labute approximate surface area is 129 Å². The average Bonchev–Trinajstić information content (AvgIpc) is 2.86. The van der Waals surface area contributed by atoms with Gasteiger partial charge in [0.25, 0.3) is 5.91 Å². The Morgan fingerprint density at radius 1 is 1.05 bits per heavy atom. The van der Waals surface area contributed by atoms with Crippen molar-refractivity contribution < 1.29 is 9.90 Å². The third-order valence-corrected chi connectivity index (χ3v) is 4.55. The number of carbonyl (C=O) groups is 1. The van der Waals surface area contributed by atoms with Gasteiger partial charge >= 0.3 is 0 Å². The Morgan fingerprint density at radius 2 is 1.86 bits per heavy atom. The molecule has 1 aliphatic heterocycles. The normalized spacial score (nSPS) is 18.0. The molecule has 0 saturated carbocycles. The maximum atomic E-state index is 12.3. The summed E-state index contributed by atoms with van der Waals surface area (Å²) in [6, 6.07) is 11.4. The summed E-state index contributed by atoms with van der Waals surface area (Å²) in [5.74, 6) is 0.152. The minimum Gasteiger partial charge on any atom is -0.507 e. The Hall–Kier alpha value is -2.55. The van der Waals surface area contributed by atoms with E-state index in [4.69, 9.17) is 0 Å². The molecule has 0 saturated heterocycles. The van der Waals surface area contributed by atoms with Crippen molar-refractivity contribution in [1.29, 1.82) is 0 Å². The van der Waals surface area contributed by atoms with Gasteiger partial charge in [-0.25, -0.2) is 0 Å². The van der Waals surface area contributed by atoms with Crippen LogP contribution in [0.25, 0.3) is 11.6 Å². The van der Waals surface area contributed by atoms with Gasteiger partial charge in [0, 0.05) is 22.4 Å². The maximum absolute atomic E-state index is 12.3. The molecule has 1 heterocycles. The number of hydrogen-bond acceptors (Lipinski definition) is 2. The van der Waals surface area contributed by atoms with Crippen molar-refractivity contribution in [3.63, 3.8) is 0 Å². The summed E-state index contributed by atoms with van der Waals surface area (Å²) in [5.41, 5.74) is 5.66. The first-order valence-corrected chi connectivity index (χ1v) is 7.70. The zero-order chi connectivity index (χ0) is 15.1. The van der Waals surface area contributed by atoms with Gasteiger partial charge in [0.05, 0.1) is 0 Å². The molecular formula is C19H17NO2. The zero-order valence-electron chi connectivity index (χ0n) is 12.2. The van der Waals surface area contributed by atoms with E-state index >= 15 is 0 Å². The van der Waals surface area contributed by atoms with Gasteiger partial charge in [-0.3, -0.25) is 4.79 Å². The minimum absolute atomic E-state index is 0.103. The Balaban J connectivity index is 1.89. The molecular weight excluding hydrogens is 274 g/mol. The highest BCUT2D eigenvalue weighted by Gasteiger charge is 2.25. The highest BCUT2D eigenvalue weighted by molar-refractivity contribution is 6.35.